The molecule has 0 radical (unpaired) electrons. The summed E-state index contributed by atoms with van der Waals surface area (Å²) in [6, 6.07) is 3.93. The summed E-state index contributed by atoms with van der Waals surface area (Å²) in [5, 5.41) is 6.65. The van der Waals surface area contributed by atoms with Crippen molar-refractivity contribution in [3.63, 3.8) is 0 Å². The van der Waals surface area contributed by atoms with E-state index < -0.39 is 9.84 Å². The minimum atomic E-state index is -2.93. The van der Waals surface area contributed by atoms with Crippen LogP contribution >= 0.6 is 11.3 Å². The molecule has 150 valence electrons. The highest BCUT2D eigenvalue weighted by molar-refractivity contribution is 7.91. The number of rotatable bonds is 6. The Balaban J connectivity index is 1.45. The number of oxazole rings is 1. The number of aryl methyl sites for hydroxylation is 1. The fourth-order valence-electron chi connectivity index (χ4n) is 3.75. The third kappa shape index (κ3) is 3.92. The molecular formula is C19H24N4O3S2. The Morgan fingerprint density at radius 2 is 2.18 bits per heavy atom. The van der Waals surface area contributed by atoms with Gasteiger partial charge < -0.3 is 4.42 Å². The first kappa shape index (κ1) is 19.4. The normalized spacial score (nSPS) is 18.9. The quantitative estimate of drug-likeness (QED) is 0.609. The lowest BCUT2D eigenvalue weighted by atomic mass is 10.1. The lowest BCUT2D eigenvalue weighted by molar-refractivity contribution is 0.313. The highest BCUT2D eigenvalue weighted by Crippen LogP contribution is 2.28. The topological polar surface area (TPSA) is 81.2 Å². The van der Waals surface area contributed by atoms with Gasteiger partial charge in [0.15, 0.2) is 9.84 Å². The van der Waals surface area contributed by atoms with Crippen molar-refractivity contribution in [1.82, 2.24) is 19.7 Å². The monoisotopic (exact) mass is 420 g/mol. The van der Waals surface area contributed by atoms with Crippen molar-refractivity contribution in [3.05, 3.63) is 46.4 Å². The number of hydrogen-bond donors (Lipinski definition) is 0. The van der Waals surface area contributed by atoms with Crippen LogP contribution in [0.3, 0.4) is 0 Å². The Morgan fingerprint density at radius 1 is 1.36 bits per heavy atom. The summed E-state index contributed by atoms with van der Waals surface area (Å²) in [6.07, 6.45) is 2.35. The molecule has 0 N–H and O–H groups in total. The minimum absolute atomic E-state index is 0.0494. The van der Waals surface area contributed by atoms with Crippen molar-refractivity contribution >= 4 is 21.2 Å². The van der Waals surface area contributed by atoms with E-state index in [0.29, 0.717) is 18.9 Å². The Kier molecular flexibility index (Phi) is 5.15. The molecule has 3 aromatic heterocycles. The molecule has 28 heavy (non-hydrogen) atoms. The van der Waals surface area contributed by atoms with Crippen molar-refractivity contribution in [2.24, 2.45) is 0 Å². The SMILES string of the molecule is Cc1nn(C2CCS(=O)(=O)C2)c(C)c1CN(C)Cc1coc(-c2cccs2)n1. The largest absolute Gasteiger partial charge is 0.444 e. The molecule has 1 atom stereocenters. The number of sulfone groups is 1. The first-order valence-corrected chi connectivity index (χ1v) is 11.9. The van der Waals surface area contributed by atoms with Crippen molar-refractivity contribution in [1.29, 1.82) is 0 Å². The second kappa shape index (κ2) is 7.46. The third-order valence-electron chi connectivity index (χ3n) is 5.17. The predicted molar refractivity (Wildman–Crippen MR) is 109 cm³/mol. The molecule has 3 aromatic rings. The average Bonchev–Trinajstić information content (AvgIpc) is 3.39. The van der Waals surface area contributed by atoms with Gasteiger partial charge in [0.1, 0.15) is 6.26 Å². The highest BCUT2D eigenvalue weighted by atomic mass is 32.2. The van der Waals surface area contributed by atoms with Crippen LogP contribution in [0.4, 0.5) is 0 Å². The first-order valence-electron chi connectivity index (χ1n) is 9.24. The summed E-state index contributed by atoms with van der Waals surface area (Å²) >= 11 is 1.61. The van der Waals surface area contributed by atoms with Gasteiger partial charge in [0.05, 0.1) is 33.8 Å². The van der Waals surface area contributed by atoms with Crippen LogP contribution < -0.4 is 0 Å². The van der Waals surface area contributed by atoms with E-state index in [1.807, 2.05) is 43.1 Å². The lowest BCUT2D eigenvalue weighted by Gasteiger charge is -2.16. The summed E-state index contributed by atoms with van der Waals surface area (Å²) in [6.45, 7) is 5.40. The summed E-state index contributed by atoms with van der Waals surface area (Å²) in [5.41, 5.74) is 4.03. The van der Waals surface area contributed by atoms with Gasteiger partial charge in [-0.1, -0.05) is 6.07 Å². The van der Waals surface area contributed by atoms with Gasteiger partial charge in [-0.15, -0.1) is 11.3 Å². The molecular weight excluding hydrogens is 396 g/mol. The average molecular weight is 421 g/mol. The lowest BCUT2D eigenvalue weighted by Crippen LogP contribution is -2.19. The van der Waals surface area contributed by atoms with E-state index in [2.05, 4.69) is 15.0 Å². The van der Waals surface area contributed by atoms with E-state index in [-0.39, 0.29) is 17.5 Å². The maximum absolute atomic E-state index is 11.8. The van der Waals surface area contributed by atoms with Gasteiger partial charge in [0, 0.05) is 24.3 Å². The zero-order chi connectivity index (χ0) is 19.9. The molecule has 1 saturated heterocycles. The molecule has 0 aliphatic carbocycles. The summed E-state index contributed by atoms with van der Waals surface area (Å²) < 4.78 is 31.2. The molecule has 4 rings (SSSR count). The van der Waals surface area contributed by atoms with Gasteiger partial charge in [-0.25, -0.2) is 13.4 Å². The minimum Gasteiger partial charge on any atom is -0.444 e. The fourth-order valence-corrected chi connectivity index (χ4v) is 6.09. The number of aromatic nitrogens is 3. The standard InChI is InChI=1S/C19H24N4O3S2/c1-13-17(14(2)23(21-13)16-6-8-28(24,25)12-16)10-22(3)9-15-11-26-19(20-15)18-5-4-7-27-18/h4-5,7,11,16H,6,8-10,12H2,1-3H3. The third-order valence-corrected chi connectivity index (χ3v) is 7.78. The van der Waals surface area contributed by atoms with E-state index >= 15 is 0 Å². The Morgan fingerprint density at radius 3 is 2.86 bits per heavy atom. The Hall–Kier alpha value is -1.97. The van der Waals surface area contributed by atoms with E-state index in [1.54, 1.807) is 17.6 Å². The Bertz CT molecular complexity index is 1070. The maximum atomic E-state index is 11.8. The van der Waals surface area contributed by atoms with Crippen molar-refractivity contribution in [2.75, 3.05) is 18.6 Å². The van der Waals surface area contributed by atoms with Crippen LogP contribution in [0.25, 0.3) is 10.8 Å². The summed E-state index contributed by atoms with van der Waals surface area (Å²) in [4.78, 5) is 7.77. The highest BCUT2D eigenvalue weighted by Gasteiger charge is 2.31. The fraction of sp³-hybridized carbons (Fsp3) is 0.474. The number of thiophene rings is 1. The smallest absolute Gasteiger partial charge is 0.236 e. The molecule has 0 saturated carbocycles. The molecule has 0 amide bonds. The summed E-state index contributed by atoms with van der Waals surface area (Å²) in [7, 11) is -0.896. The molecule has 1 unspecified atom stereocenters. The van der Waals surface area contributed by atoms with E-state index in [1.165, 1.54) is 0 Å². The van der Waals surface area contributed by atoms with Gasteiger partial charge >= 0.3 is 0 Å². The molecule has 0 bridgehead atoms. The van der Waals surface area contributed by atoms with Crippen LogP contribution in [-0.4, -0.2) is 46.6 Å². The molecule has 4 heterocycles. The second-order valence-electron chi connectivity index (χ2n) is 7.44. The number of nitrogens with zero attached hydrogens (tertiary/aromatic N) is 4. The van der Waals surface area contributed by atoms with Crippen LogP contribution in [0.1, 0.15) is 35.1 Å². The zero-order valence-corrected chi connectivity index (χ0v) is 17.9. The van der Waals surface area contributed by atoms with Gasteiger partial charge in [-0.05, 0) is 38.8 Å². The van der Waals surface area contributed by atoms with Crippen LogP contribution in [0, 0.1) is 13.8 Å². The van der Waals surface area contributed by atoms with Gasteiger partial charge in [0.25, 0.3) is 0 Å². The molecule has 1 fully saturated rings. The Labute approximate surface area is 168 Å². The van der Waals surface area contributed by atoms with Crippen molar-refractivity contribution in [3.8, 4) is 10.8 Å². The zero-order valence-electron chi connectivity index (χ0n) is 16.3. The molecule has 1 aliphatic heterocycles. The molecule has 0 aromatic carbocycles. The van der Waals surface area contributed by atoms with Crippen molar-refractivity contribution < 1.29 is 12.8 Å². The molecule has 7 nitrogen and oxygen atoms in total. The van der Waals surface area contributed by atoms with E-state index in [4.69, 9.17) is 4.42 Å². The molecule has 0 spiro atoms. The predicted octanol–water partition coefficient (Wildman–Crippen LogP) is 3.21. The first-order chi connectivity index (χ1) is 13.3. The summed E-state index contributed by atoms with van der Waals surface area (Å²) in [5.74, 6) is 1.10. The van der Waals surface area contributed by atoms with E-state index in [0.717, 1.165) is 34.1 Å². The van der Waals surface area contributed by atoms with Crippen LogP contribution in [0.5, 0.6) is 0 Å². The van der Waals surface area contributed by atoms with Gasteiger partial charge in [0.2, 0.25) is 5.89 Å². The maximum Gasteiger partial charge on any atom is 0.236 e. The van der Waals surface area contributed by atoms with Gasteiger partial charge in [-0.3, -0.25) is 9.58 Å². The van der Waals surface area contributed by atoms with Crippen molar-refractivity contribution in [2.45, 2.75) is 39.4 Å². The van der Waals surface area contributed by atoms with Crippen LogP contribution in [-0.2, 0) is 22.9 Å². The van der Waals surface area contributed by atoms with E-state index in [9.17, 15) is 8.42 Å². The molecule has 9 heteroatoms. The van der Waals surface area contributed by atoms with Crippen LogP contribution in [0.15, 0.2) is 28.2 Å². The number of hydrogen-bond acceptors (Lipinski definition) is 7. The van der Waals surface area contributed by atoms with Gasteiger partial charge in [-0.2, -0.15) is 5.10 Å². The van der Waals surface area contributed by atoms with Crippen LogP contribution in [0.2, 0.25) is 0 Å². The second-order valence-corrected chi connectivity index (χ2v) is 10.6. The molecule has 1 aliphatic rings.